The lowest BCUT2D eigenvalue weighted by Crippen LogP contribution is -2.37. The predicted octanol–water partition coefficient (Wildman–Crippen LogP) is 2.38. The van der Waals surface area contributed by atoms with E-state index in [2.05, 4.69) is 10.6 Å². The number of rotatable bonds is 5. The second-order valence-electron chi connectivity index (χ2n) is 5.82. The van der Waals surface area contributed by atoms with Crippen LogP contribution in [0.4, 0.5) is 0 Å². The third kappa shape index (κ3) is 4.10. The highest BCUT2D eigenvalue weighted by atomic mass is 16.1. The molecule has 1 aliphatic rings. The van der Waals surface area contributed by atoms with Gasteiger partial charge in [0.25, 0.3) is 5.91 Å². The van der Waals surface area contributed by atoms with Gasteiger partial charge in [0.1, 0.15) is 5.69 Å². The summed E-state index contributed by atoms with van der Waals surface area (Å²) in [4.78, 5) is 12.0. The number of nitrogens with zero attached hydrogens (tertiary/aromatic N) is 1. The van der Waals surface area contributed by atoms with Crippen molar-refractivity contribution in [2.75, 3.05) is 13.1 Å². The SMILES string of the molecule is Cc1ccc(C(=O)NCCNC2CCCCCC2)n1C. The Morgan fingerprint density at radius 3 is 2.50 bits per heavy atom. The van der Waals surface area contributed by atoms with Gasteiger partial charge in [-0.3, -0.25) is 4.79 Å². The molecular weight excluding hydrogens is 250 g/mol. The number of amides is 1. The molecule has 1 amide bonds. The maximum atomic E-state index is 12.0. The van der Waals surface area contributed by atoms with Gasteiger partial charge in [0.2, 0.25) is 0 Å². The van der Waals surface area contributed by atoms with Crippen LogP contribution in [0, 0.1) is 6.92 Å². The Morgan fingerprint density at radius 1 is 1.20 bits per heavy atom. The van der Waals surface area contributed by atoms with Crippen molar-refractivity contribution in [2.24, 2.45) is 7.05 Å². The van der Waals surface area contributed by atoms with E-state index in [0.29, 0.717) is 12.6 Å². The van der Waals surface area contributed by atoms with Crippen molar-refractivity contribution in [1.82, 2.24) is 15.2 Å². The van der Waals surface area contributed by atoms with Crippen LogP contribution in [0.15, 0.2) is 12.1 Å². The fourth-order valence-electron chi connectivity index (χ4n) is 2.87. The third-order valence-electron chi connectivity index (χ3n) is 4.30. The molecule has 0 atom stereocenters. The summed E-state index contributed by atoms with van der Waals surface area (Å²) >= 11 is 0. The highest BCUT2D eigenvalue weighted by Gasteiger charge is 2.12. The van der Waals surface area contributed by atoms with Crippen molar-refractivity contribution in [1.29, 1.82) is 0 Å². The summed E-state index contributed by atoms with van der Waals surface area (Å²) in [5.41, 5.74) is 1.84. The van der Waals surface area contributed by atoms with Crippen molar-refractivity contribution in [3.63, 3.8) is 0 Å². The molecule has 112 valence electrons. The molecule has 1 fully saturated rings. The van der Waals surface area contributed by atoms with E-state index in [9.17, 15) is 4.79 Å². The van der Waals surface area contributed by atoms with Gasteiger partial charge in [0, 0.05) is 31.9 Å². The quantitative estimate of drug-likeness (QED) is 0.641. The number of carbonyl (C=O) groups is 1. The second-order valence-corrected chi connectivity index (χ2v) is 5.82. The second kappa shape index (κ2) is 7.48. The minimum atomic E-state index is 0.0169. The first-order valence-corrected chi connectivity index (χ1v) is 7.82. The number of carbonyl (C=O) groups excluding carboxylic acids is 1. The van der Waals surface area contributed by atoms with Gasteiger partial charge in [-0.25, -0.2) is 0 Å². The summed E-state index contributed by atoms with van der Waals surface area (Å²) in [7, 11) is 1.92. The maximum absolute atomic E-state index is 12.0. The molecular formula is C16H27N3O. The third-order valence-corrected chi connectivity index (χ3v) is 4.30. The summed E-state index contributed by atoms with van der Waals surface area (Å²) < 4.78 is 1.92. The van der Waals surface area contributed by atoms with Crippen LogP contribution in [0.5, 0.6) is 0 Å². The van der Waals surface area contributed by atoms with E-state index in [1.807, 2.05) is 30.7 Å². The number of nitrogens with one attached hydrogen (secondary N) is 2. The molecule has 1 saturated carbocycles. The zero-order chi connectivity index (χ0) is 14.4. The van der Waals surface area contributed by atoms with Gasteiger partial charge in [-0.2, -0.15) is 0 Å². The van der Waals surface area contributed by atoms with E-state index in [4.69, 9.17) is 0 Å². The molecule has 1 heterocycles. The average molecular weight is 277 g/mol. The van der Waals surface area contributed by atoms with Gasteiger partial charge in [0.05, 0.1) is 0 Å². The summed E-state index contributed by atoms with van der Waals surface area (Å²) in [5.74, 6) is 0.0169. The van der Waals surface area contributed by atoms with E-state index >= 15 is 0 Å². The van der Waals surface area contributed by atoms with Crippen molar-refractivity contribution in [3.05, 3.63) is 23.5 Å². The van der Waals surface area contributed by atoms with Crippen LogP contribution in [0.3, 0.4) is 0 Å². The first-order chi connectivity index (χ1) is 9.68. The van der Waals surface area contributed by atoms with Crippen molar-refractivity contribution >= 4 is 5.91 Å². The molecule has 1 aromatic rings. The molecule has 0 aliphatic heterocycles. The fraction of sp³-hybridized carbons (Fsp3) is 0.688. The van der Waals surface area contributed by atoms with E-state index in [1.54, 1.807) is 0 Å². The molecule has 1 aliphatic carbocycles. The molecule has 1 aromatic heterocycles. The maximum Gasteiger partial charge on any atom is 0.267 e. The Kier molecular flexibility index (Phi) is 5.65. The lowest BCUT2D eigenvalue weighted by molar-refractivity contribution is 0.0945. The van der Waals surface area contributed by atoms with Crippen LogP contribution in [0.2, 0.25) is 0 Å². The number of hydrogen-bond donors (Lipinski definition) is 2. The number of hydrogen-bond acceptors (Lipinski definition) is 2. The zero-order valence-electron chi connectivity index (χ0n) is 12.7. The molecule has 0 spiro atoms. The normalized spacial score (nSPS) is 16.9. The Labute approximate surface area is 121 Å². The standard InChI is InChI=1S/C16H27N3O/c1-13-9-10-15(19(13)2)16(20)18-12-11-17-14-7-5-3-4-6-8-14/h9-10,14,17H,3-8,11-12H2,1-2H3,(H,18,20). The Morgan fingerprint density at radius 2 is 1.90 bits per heavy atom. The molecule has 0 bridgehead atoms. The van der Waals surface area contributed by atoms with Crippen LogP contribution < -0.4 is 10.6 Å². The van der Waals surface area contributed by atoms with Crippen LogP contribution in [0.1, 0.15) is 54.7 Å². The molecule has 0 saturated heterocycles. The van der Waals surface area contributed by atoms with Crippen molar-refractivity contribution in [2.45, 2.75) is 51.5 Å². The molecule has 2 N–H and O–H groups in total. The Balaban J connectivity index is 1.68. The van der Waals surface area contributed by atoms with Crippen LogP contribution in [-0.4, -0.2) is 29.6 Å². The lowest BCUT2D eigenvalue weighted by atomic mass is 10.1. The summed E-state index contributed by atoms with van der Waals surface area (Å²) in [6, 6.07) is 4.49. The predicted molar refractivity (Wildman–Crippen MR) is 82.0 cm³/mol. The summed E-state index contributed by atoms with van der Waals surface area (Å²) in [6.45, 7) is 3.56. The van der Waals surface area contributed by atoms with E-state index in [-0.39, 0.29) is 5.91 Å². The summed E-state index contributed by atoms with van der Waals surface area (Å²) in [5, 5.41) is 6.55. The minimum absolute atomic E-state index is 0.0169. The molecule has 2 rings (SSSR count). The average Bonchev–Trinajstić information content (AvgIpc) is 2.67. The fourth-order valence-corrected chi connectivity index (χ4v) is 2.87. The van der Waals surface area contributed by atoms with Gasteiger partial charge in [0.15, 0.2) is 0 Å². The highest BCUT2D eigenvalue weighted by molar-refractivity contribution is 5.92. The molecule has 4 nitrogen and oxygen atoms in total. The Hall–Kier alpha value is -1.29. The van der Waals surface area contributed by atoms with Gasteiger partial charge in [-0.15, -0.1) is 0 Å². The van der Waals surface area contributed by atoms with Crippen LogP contribution in [0.25, 0.3) is 0 Å². The van der Waals surface area contributed by atoms with Crippen molar-refractivity contribution in [3.8, 4) is 0 Å². The van der Waals surface area contributed by atoms with Crippen LogP contribution >= 0.6 is 0 Å². The first-order valence-electron chi connectivity index (χ1n) is 7.82. The highest BCUT2D eigenvalue weighted by Crippen LogP contribution is 2.16. The number of aryl methyl sites for hydroxylation is 1. The van der Waals surface area contributed by atoms with E-state index in [1.165, 1.54) is 38.5 Å². The molecule has 0 aromatic carbocycles. The number of aromatic nitrogens is 1. The molecule has 0 radical (unpaired) electrons. The molecule has 20 heavy (non-hydrogen) atoms. The van der Waals surface area contributed by atoms with Crippen molar-refractivity contribution < 1.29 is 4.79 Å². The smallest absolute Gasteiger partial charge is 0.267 e. The largest absolute Gasteiger partial charge is 0.349 e. The van der Waals surface area contributed by atoms with E-state index in [0.717, 1.165) is 17.9 Å². The first kappa shape index (κ1) is 15.1. The van der Waals surface area contributed by atoms with Gasteiger partial charge < -0.3 is 15.2 Å². The monoisotopic (exact) mass is 277 g/mol. The van der Waals surface area contributed by atoms with Gasteiger partial charge in [-0.1, -0.05) is 25.7 Å². The molecule has 4 heteroatoms. The van der Waals surface area contributed by atoms with Gasteiger partial charge >= 0.3 is 0 Å². The van der Waals surface area contributed by atoms with Gasteiger partial charge in [-0.05, 0) is 31.9 Å². The van der Waals surface area contributed by atoms with E-state index < -0.39 is 0 Å². The lowest BCUT2D eigenvalue weighted by Gasteiger charge is -2.16. The molecule has 0 unspecified atom stereocenters. The van der Waals surface area contributed by atoms with Crippen LogP contribution in [-0.2, 0) is 7.05 Å². The summed E-state index contributed by atoms with van der Waals surface area (Å²) in [6.07, 6.45) is 8.00. The minimum Gasteiger partial charge on any atom is -0.349 e. The Bertz CT molecular complexity index is 431. The topological polar surface area (TPSA) is 46.1 Å². The zero-order valence-corrected chi connectivity index (χ0v) is 12.7.